The Bertz CT molecular complexity index is 883. The van der Waals surface area contributed by atoms with Crippen LogP contribution in [0.2, 0.25) is 0 Å². The third-order valence-corrected chi connectivity index (χ3v) is 5.29. The molecule has 1 N–H and O–H groups in total. The van der Waals surface area contributed by atoms with Gasteiger partial charge in [0.15, 0.2) is 0 Å². The van der Waals surface area contributed by atoms with Crippen LogP contribution in [-0.4, -0.2) is 58.9 Å². The monoisotopic (exact) mass is 386 g/mol. The normalized spacial score (nSPS) is 17.5. The molecule has 1 aromatic carbocycles. The summed E-state index contributed by atoms with van der Waals surface area (Å²) < 4.78 is 13.8. The number of carbonyl (C=O) groups is 1. The summed E-state index contributed by atoms with van der Waals surface area (Å²) >= 11 is 0. The van der Waals surface area contributed by atoms with Crippen molar-refractivity contribution in [2.45, 2.75) is 26.2 Å². The van der Waals surface area contributed by atoms with E-state index in [1.165, 1.54) is 12.3 Å². The Morgan fingerprint density at radius 3 is 2.93 bits per heavy atom. The molecule has 7 heteroatoms. The highest BCUT2D eigenvalue weighted by molar-refractivity contribution is 5.93. The summed E-state index contributed by atoms with van der Waals surface area (Å²) in [6, 6.07) is 6.89. The number of H-pyrrole nitrogens is 1. The van der Waals surface area contributed by atoms with Gasteiger partial charge in [0.2, 0.25) is 0 Å². The van der Waals surface area contributed by atoms with Gasteiger partial charge in [0, 0.05) is 32.9 Å². The molecule has 1 fully saturated rings. The maximum Gasteiger partial charge on any atom is 0.263 e. The molecule has 0 aliphatic carbocycles. The van der Waals surface area contributed by atoms with E-state index in [9.17, 15) is 14.0 Å². The summed E-state index contributed by atoms with van der Waals surface area (Å²) in [6.45, 7) is 4.93. The van der Waals surface area contributed by atoms with Crippen molar-refractivity contribution < 1.29 is 9.18 Å². The summed E-state index contributed by atoms with van der Waals surface area (Å²) in [5.41, 5.74) is 0.405. The van der Waals surface area contributed by atoms with Crippen LogP contribution in [0.1, 0.15) is 34.6 Å². The van der Waals surface area contributed by atoms with Gasteiger partial charge in [0.05, 0.1) is 0 Å². The fourth-order valence-electron chi connectivity index (χ4n) is 3.80. The van der Waals surface area contributed by atoms with Gasteiger partial charge in [-0.15, -0.1) is 0 Å². The molecule has 1 aliphatic heterocycles. The first kappa shape index (κ1) is 20.2. The number of amides is 1. The lowest BCUT2D eigenvalue weighted by molar-refractivity contribution is 0.0728. The van der Waals surface area contributed by atoms with Crippen LogP contribution in [0.15, 0.2) is 35.3 Å². The van der Waals surface area contributed by atoms with Crippen molar-refractivity contribution in [1.82, 2.24) is 19.8 Å². The third-order valence-electron chi connectivity index (χ3n) is 5.29. The minimum atomic E-state index is -0.403. The van der Waals surface area contributed by atoms with E-state index in [1.807, 2.05) is 12.1 Å². The highest BCUT2D eigenvalue weighted by atomic mass is 19.1. The molecule has 1 aliphatic rings. The van der Waals surface area contributed by atoms with Crippen molar-refractivity contribution in [3.8, 4) is 0 Å². The quantitative estimate of drug-likeness (QED) is 0.827. The number of rotatable bonds is 6. The van der Waals surface area contributed by atoms with E-state index in [-0.39, 0.29) is 17.3 Å². The molecule has 1 amide bonds. The number of halogens is 1. The van der Waals surface area contributed by atoms with Crippen LogP contribution < -0.4 is 5.56 Å². The Hall–Kier alpha value is -2.54. The fourth-order valence-corrected chi connectivity index (χ4v) is 3.80. The number of likely N-dealkylation sites (tertiary alicyclic amines) is 1. The molecule has 28 heavy (non-hydrogen) atoms. The maximum absolute atomic E-state index is 13.8. The van der Waals surface area contributed by atoms with Crippen LogP contribution in [-0.2, 0) is 6.42 Å². The van der Waals surface area contributed by atoms with Crippen molar-refractivity contribution in [2.24, 2.45) is 5.92 Å². The first-order valence-electron chi connectivity index (χ1n) is 9.71. The zero-order valence-electron chi connectivity index (χ0n) is 16.4. The average Bonchev–Trinajstić information content (AvgIpc) is 2.67. The SMILES string of the molecule is Cc1ncc(C(=O)N(C)C[C@@H]2CCCN(CCc3ccccc3F)C2)c(=O)[nH]1. The molecule has 3 rings (SSSR count). The Morgan fingerprint density at radius 1 is 1.39 bits per heavy atom. The first-order chi connectivity index (χ1) is 13.4. The molecular formula is C21H27FN4O2. The van der Waals surface area contributed by atoms with Crippen molar-refractivity contribution in [3.05, 3.63) is 63.6 Å². The number of nitrogens with one attached hydrogen (secondary N) is 1. The minimum Gasteiger partial charge on any atom is -0.341 e. The molecule has 1 atom stereocenters. The number of piperidine rings is 1. The number of aromatic amines is 1. The van der Waals surface area contributed by atoms with Crippen molar-refractivity contribution in [3.63, 3.8) is 0 Å². The zero-order valence-corrected chi connectivity index (χ0v) is 16.4. The van der Waals surface area contributed by atoms with E-state index in [0.29, 0.717) is 24.7 Å². The molecule has 0 bridgehead atoms. The summed E-state index contributed by atoms with van der Waals surface area (Å²) in [5, 5.41) is 0. The van der Waals surface area contributed by atoms with Crippen molar-refractivity contribution >= 4 is 5.91 Å². The number of carbonyl (C=O) groups excluding carboxylic acids is 1. The lowest BCUT2D eigenvalue weighted by Crippen LogP contribution is -2.43. The molecule has 2 heterocycles. The van der Waals surface area contributed by atoms with Crippen LogP contribution in [0.4, 0.5) is 4.39 Å². The standard InChI is InChI=1S/C21H27FN4O2/c1-15-23-12-18(20(27)24-15)21(28)25(2)13-16-6-5-10-26(14-16)11-9-17-7-3-4-8-19(17)22/h3-4,7-8,12,16H,5-6,9-11,13-14H2,1-2H3,(H,23,24,27)/t16-/m0/s1. The van der Waals surface area contributed by atoms with Crippen molar-refractivity contribution in [1.29, 1.82) is 0 Å². The Kier molecular flexibility index (Phi) is 6.57. The van der Waals surface area contributed by atoms with E-state index in [4.69, 9.17) is 0 Å². The summed E-state index contributed by atoms with van der Waals surface area (Å²) in [4.78, 5) is 35.1. The minimum absolute atomic E-state index is 0.0697. The highest BCUT2D eigenvalue weighted by Crippen LogP contribution is 2.19. The fraction of sp³-hybridized carbons (Fsp3) is 0.476. The second kappa shape index (κ2) is 9.10. The van der Waals surface area contributed by atoms with Gasteiger partial charge in [-0.1, -0.05) is 18.2 Å². The van der Waals surface area contributed by atoms with Gasteiger partial charge in [-0.3, -0.25) is 9.59 Å². The predicted octanol–water partition coefficient (Wildman–Crippen LogP) is 2.24. The van der Waals surface area contributed by atoms with Crippen LogP contribution in [0.25, 0.3) is 0 Å². The number of nitrogens with zero attached hydrogens (tertiary/aromatic N) is 3. The Labute approximate surface area is 164 Å². The molecule has 0 unspecified atom stereocenters. The summed E-state index contributed by atoms with van der Waals surface area (Å²) in [6.07, 6.45) is 4.11. The molecule has 1 aromatic heterocycles. The van der Waals surface area contributed by atoms with Gasteiger partial charge in [0.25, 0.3) is 11.5 Å². The molecule has 150 valence electrons. The van der Waals surface area contributed by atoms with Crippen molar-refractivity contribution in [2.75, 3.05) is 33.2 Å². The molecule has 6 nitrogen and oxygen atoms in total. The average molecular weight is 386 g/mol. The number of aromatic nitrogens is 2. The van der Waals surface area contributed by atoms with Gasteiger partial charge < -0.3 is 14.8 Å². The summed E-state index contributed by atoms with van der Waals surface area (Å²) in [7, 11) is 1.72. The largest absolute Gasteiger partial charge is 0.341 e. The molecular weight excluding hydrogens is 359 g/mol. The van der Waals surface area contributed by atoms with E-state index in [1.54, 1.807) is 24.9 Å². The van der Waals surface area contributed by atoms with Gasteiger partial charge >= 0.3 is 0 Å². The topological polar surface area (TPSA) is 69.3 Å². The molecule has 0 saturated carbocycles. The smallest absolute Gasteiger partial charge is 0.263 e. The van der Waals surface area contributed by atoms with Crippen LogP contribution >= 0.6 is 0 Å². The Balaban J connectivity index is 1.54. The van der Waals surface area contributed by atoms with Crippen LogP contribution in [0.3, 0.4) is 0 Å². The molecule has 1 saturated heterocycles. The zero-order chi connectivity index (χ0) is 20.1. The number of benzene rings is 1. The first-order valence-corrected chi connectivity index (χ1v) is 9.71. The lowest BCUT2D eigenvalue weighted by atomic mass is 9.97. The number of hydrogen-bond donors (Lipinski definition) is 1. The van der Waals surface area contributed by atoms with E-state index in [2.05, 4.69) is 14.9 Å². The van der Waals surface area contributed by atoms with E-state index >= 15 is 0 Å². The van der Waals surface area contributed by atoms with E-state index < -0.39 is 5.56 Å². The Morgan fingerprint density at radius 2 is 2.18 bits per heavy atom. The highest BCUT2D eigenvalue weighted by Gasteiger charge is 2.24. The molecule has 2 aromatic rings. The second-order valence-electron chi connectivity index (χ2n) is 7.55. The molecule has 0 radical (unpaired) electrons. The number of aryl methyl sites for hydroxylation is 1. The number of hydrogen-bond acceptors (Lipinski definition) is 4. The lowest BCUT2D eigenvalue weighted by Gasteiger charge is -2.34. The molecule has 0 spiro atoms. The predicted molar refractivity (Wildman–Crippen MR) is 106 cm³/mol. The van der Waals surface area contributed by atoms with Gasteiger partial charge in [-0.05, 0) is 50.3 Å². The third kappa shape index (κ3) is 5.04. The van der Waals surface area contributed by atoms with Crippen LogP contribution in [0, 0.1) is 18.7 Å². The maximum atomic E-state index is 13.8. The van der Waals surface area contributed by atoms with Crippen LogP contribution in [0.5, 0.6) is 0 Å². The second-order valence-corrected chi connectivity index (χ2v) is 7.55. The summed E-state index contributed by atoms with van der Waals surface area (Å²) in [5.74, 6) is 0.360. The van der Waals surface area contributed by atoms with Gasteiger partial charge in [-0.25, -0.2) is 9.37 Å². The van der Waals surface area contributed by atoms with Gasteiger partial charge in [0.1, 0.15) is 17.2 Å². The van der Waals surface area contributed by atoms with Gasteiger partial charge in [-0.2, -0.15) is 0 Å². The van der Waals surface area contributed by atoms with E-state index in [0.717, 1.165) is 38.0 Å².